The highest BCUT2D eigenvalue weighted by molar-refractivity contribution is 5.80. The minimum atomic E-state index is -0.0371. The van der Waals surface area contributed by atoms with Gasteiger partial charge in [0.25, 0.3) is 5.56 Å². The number of benzene rings is 2. The van der Waals surface area contributed by atoms with Crippen molar-refractivity contribution in [3.05, 3.63) is 86.5 Å². The van der Waals surface area contributed by atoms with Crippen molar-refractivity contribution in [1.82, 2.24) is 30.1 Å². The van der Waals surface area contributed by atoms with E-state index in [0.29, 0.717) is 19.1 Å². The summed E-state index contributed by atoms with van der Waals surface area (Å²) in [6, 6.07) is 15.3. The Morgan fingerprint density at radius 2 is 1.75 bits per heavy atom. The standard InChI is InChI=1S/C29H36N6O/c1-5-27(28-31-32-33-35(28)25-8-6-7-9-25)34(17-22-12-10-19(2)11-13-22)18-24-16-23-14-20(3)21(4)15-26(23)30-29(24)36/h10-16,25,27H,5-9,17-18H2,1-4H3,(H,30,36)/t27-/m0/s1. The van der Waals surface area contributed by atoms with Crippen molar-refractivity contribution in [2.45, 2.75) is 85.0 Å². The Labute approximate surface area is 212 Å². The lowest BCUT2D eigenvalue weighted by molar-refractivity contribution is 0.158. The Balaban J connectivity index is 1.54. The van der Waals surface area contributed by atoms with Crippen molar-refractivity contribution in [2.24, 2.45) is 0 Å². The average molecular weight is 485 g/mol. The van der Waals surface area contributed by atoms with Gasteiger partial charge in [0.05, 0.1) is 12.1 Å². The molecular formula is C29H36N6O. The van der Waals surface area contributed by atoms with E-state index in [-0.39, 0.29) is 11.6 Å². The van der Waals surface area contributed by atoms with E-state index in [1.165, 1.54) is 35.1 Å². The molecule has 1 aliphatic rings. The van der Waals surface area contributed by atoms with E-state index in [4.69, 9.17) is 0 Å². The lowest BCUT2D eigenvalue weighted by Gasteiger charge is -2.31. The second kappa shape index (κ2) is 10.3. The van der Waals surface area contributed by atoms with Crippen LogP contribution in [0, 0.1) is 20.8 Å². The minimum Gasteiger partial charge on any atom is -0.322 e. The van der Waals surface area contributed by atoms with Gasteiger partial charge in [0, 0.05) is 24.2 Å². The fourth-order valence-corrected chi connectivity index (χ4v) is 5.50. The van der Waals surface area contributed by atoms with Crippen LogP contribution in [0.2, 0.25) is 0 Å². The predicted molar refractivity (Wildman–Crippen MR) is 143 cm³/mol. The zero-order chi connectivity index (χ0) is 25.2. The molecule has 2 heterocycles. The lowest BCUT2D eigenvalue weighted by atomic mass is 10.0. The number of rotatable bonds is 8. The molecule has 5 rings (SSSR count). The zero-order valence-corrected chi connectivity index (χ0v) is 21.8. The number of fused-ring (bicyclic) bond motifs is 1. The molecule has 36 heavy (non-hydrogen) atoms. The molecule has 1 atom stereocenters. The van der Waals surface area contributed by atoms with Crippen molar-refractivity contribution in [3.8, 4) is 0 Å². The smallest absolute Gasteiger partial charge is 0.252 e. The molecule has 0 aliphatic heterocycles. The van der Waals surface area contributed by atoms with Gasteiger partial charge in [-0.3, -0.25) is 9.69 Å². The van der Waals surface area contributed by atoms with E-state index in [9.17, 15) is 4.79 Å². The normalized spacial score (nSPS) is 15.2. The average Bonchev–Trinajstić information content (AvgIpc) is 3.55. The Hall–Kier alpha value is -3.32. The number of H-pyrrole nitrogens is 1. The Bertz CT molecular complexity index is 1400. The molecule has 1 saturated carbocycles. The monoisotopic (exact) mass is 484 g/mol. The summed E-state index contributed by atoms with van der Waals surface area (Å²) >= 11 is 0. The van der Waals surface area contributed by atoms with Crippen LogP contribution in [0.15, 0.2) is 47.3 Å². The van der Waals surface area contributed by atoms with Gasteiger partial charge in [-0.2, -0.15) is 0 Å². The molecular weight excluding hydrogens is 448 g/mol. The molecule has 0 unspecified atom stereocenters. The Morgan fingerprint density at radius 1 is 1.03 bits per heavy atom. The van der Waals surface area contributed by atoms with Gasteiger partial charge in [0.1, 0.15) is 0 Å². The molecule has 7 heteroatoms. The molecule has 188 valence electrons. The zero-order valence-electron chi connectivity index (χ0n) is 21.8. The maximum Gasteiger partial charge on any atom is 0.252 e. The molecule has 1 fully saturated rings. The van der Waals surface area contributed by atoms with Crippen molar-refractivity contribution in [2.75, 3.05) is 0 Å². The van der Waals surface area contributed by atoms with E-state index in [0.717, 1.165) is 41.6 Å². The minimum absolute atomic E-state index is 0.00301. The number of aromatic nitrogens is 5. The van der Waals surface area contributed by atoms with Crippen LogP contribution in [0.4, 0.5) is 0 Å². The fraction of sp³-hybridized carbons (Fsp3) is 0.448. The number of aryl methyl sites for hydroxylation is 3. The Morgan fingerprint density at radius 3 is 2.47 bits per heavy atom. The molecule has 2 aromatic heterocycles. The molecule has 0 radical (unpaired) electrons. The molecule has 7 nitrogen and oxygen atoms in total. The first-order valence-electron chi connectivity index (χ1n) is 13.1. The first-order chi connectivity index (χ1) is 17.4. The number of pyridine rings is 1. The first kappa shape index (κ1) is 24.4. The fourth-order valence-electron chi connectivity index (χ4n) is 5.50. The summed E-state index contributed by atoms with van der Waals surface area (Å²) in [5.74, 6) is 0.903. The number of hydrogen-bond acceptors (Lipinski definition) is 5. The van der Waals surface area contributed by atoms with Gasteiger partial charge in [-0.15, -0.1) is 5.10 Å². The molecule has 0 amide bonds. The van der Waals surface area contributed by atoms with Gasteiger partial charge >= 0.3 is 0 Å². The molecule has 0 saturated heterocycles. The van der Waals surface area contributed by atoms with E-state index in [2.05, 4.69) is 100 Å². The summed E-state index contributed by atoms with van der Waals surface area (Å²) in [4.78, 5) is 18.7. The van der Waals surface area contributed by atoms with Crippen molar-refractivity contribution in [3.63, 3.8) is 0 Å². The molecule has 0 spiro atoms. The summed E-state index contributed by atoms with van der Waals surface area (Å²) in [7, 11) is 0. The highest BCUT2D eigenvalue weighted by Crippen LogP contribution is 2.33. The number of aromatic amines is 1. The van der Waals surface area contributed by atoms with Crippen LogP contribution in [0.5, 0.6) is 0 Å². The third-order valence-electron chi connectivity index (χ3n) is 7.73. The van der Waals surface area contributed by atoms with E-state index < -0.39 is 0 Å². The van der Waals surface area contributed by atoms with Crippen LogP contribution in [0.3, 0.4) is 0 Å². The van der Waals surface area contributed by atoms with Crippen LogP contribution in [0.25, 0.3) is 10.9 Å². The first-order valence-corrected chi connectivity index (χ1v) is 13.1. The van der Waals surface area contributed by atoms with E-state index in [1.807, 2.05) is 0 Å². The van der Waals surface area contributed by atoms with Crippen LogP contribution < -0.4 is 5.56 Å². The lowest BCUT2D eigenvalue weighted by Crippen LogP contribution is -2.32. The second-order valence-corrected chi connectivity index (χ2v) is 10.4. The van der Waals surface area contributed by atoms with Gasteiger partial charge < -0.3 is 4.98 Å². The highest BCUT2D eigenvalue weighted by Gasteiger charge is 2.29. The molecule has 2 aromatic carbocycles. The van der Waals surface area contributed by atoms with Gasteiger partial charge in [0.2, 0.25) is 0 Å². The largest absolute Gasteiger partial charge is 0.322 e. The summed E-state index contributed by atoms with van der Waals surface area (Å²) in [5, 5.41) is 14.1. The van der Waals surface area contributed by atoms with E-state index >= 15 is 0 Å². The third kappa shape index (κ3) is 4.98. The number of tetrazole rings is 1. The quantitative estimate of drug-likeness (QED) is 0.347. The summed E-state index contributed by atoms with van der Waals surface area (Å²) in [5.41, 5.74) is 6.45. The van der Waals surface area contributed by atoms with Crippen molar-refractivity contribution in [1.29, 1.82) is 0 Å². The Kier molecular flexibility index (Phi) is 7.01. The molecule has 1 aliphatic carbocycles. The van der Waals surface area contributed by atoms with Gasteiger partial charge in [-0.05, 0) is 90.7 Å². The molecule has 4 aromatic rings. The van der Waals surface area contributed by atoms with Gasteiger partial charge in [-0.1, -0.05) is 49.6 Å². The van der Waals surface area contributed by atoms with Gasteiger partial charge in [-0.25, -0.2) is 4.68 Å². The van der Waals surface area contributed by atoms with Gasteiger partial charge in [0.15, 0.2) is 5.82 Å². The highest BCUT2D eigenvalue weighted by atomic mass is 16.1. The number of nitrogens with zero attached hydrogens (tertiary/aromatic N) is 5. The summed E-state index contributed by atoms with van der Waals surface area (Å²) in [6.45, 7) is 9.69. The molecule has 1 N–H and O–H groups in total. The summed E-state index contributed by atoms with van der Waals surface area (Å²) < 4.78 is 2.06. The van der Waals surface area contributed by atoms with Crippen LogP contribution >= 0.6 is 0 Å². The van der Waals surface area contributed by atoms with Crippen LogP contribution in [-0.2, 0) is 13.1 Å². The number of hydrogen-bond donors (Lipinski definition) is 1. The van der Waals surface area contributed by atoms with E-state index in [1.54, 1.807) is 0 Å². The topological polar surface area (TPSA) is 79.7 Å². The van der Waals surface area contributed by atoms with Crippen LogP contribution in [-0.4, -0.2) is 30.1 Å². The predicted octanol–water partition coefficient (Wildman–Crippen LogP) is 5.71. The van der Waals surface area contributed by atoms with Crippen molar-refractivity contribution >= 4 is 10.9 Å². The second-order valence-electron chi connectivity index (χ2n) is 10.4. The maximum atomic E-state index is 13.2. The summed E-state index contributed by atoms with van der Waals surface area (Å²) in [6.07, 6.45) is 5.53. The maximum absolute atomic E-state index is 13.2. The van der Waals surface area contributed by atoms with Crippen LogP contribution in [0.1, 0.15) is 84.8 Å². The third-order valence-corrected chi connectivity index (χ3v) is 7.73. The van der Waals surface area contributed by atoms with Crippen molar-refractivity contribution < 1.29 is 0 Å². The molecule has 0 bridgehead atoms. The SMILES string of the molecule is CC[C@@H](c1nnnn1C1CCCC1)N(Cc1ccc(C)cc1)Cc1cc2cc(C)c(C)cc2[nH]c1=O. The number of nitrogens with one attached hydrogen (secondary N) is 1.